The first kappa shape index (κ1) is 16.7. The number of amides is 1. The van der Waals surface area contributed by atoms with E-state index in [1.807, 2.05) is 5.32 Å². The molecule has 0 aliphatic carbocycles. The Bertz CT molecular complexity index is 137. The average molecular weight is 218 g/mol. The van der Waals surface area contributed by atoms with Crippen molar-refractivity contribution in [1.29, 1.82) is 0 Å². The van der Waals surface area contributed by atoms with E-state index in [0.717, 1.165) is 12.5 Å². The second-order valence-electron chi connectivity index (χ2n) is 3.52. The summed E-state index contributed by atoms with van der Waals surface area (Å²) in [7, 11) is 0. The molecule has 92 valence electrons. The van der Waals surface area contributed by atoms with E-state index in [2.05, 4.69) is 19.6 Å². The molecule has 0 saturated heterocycles. The zero-order valence-corrected chi connectivity index (χ0v) is 10.3. The van der Waals surface area contributed by atoms with Crippen molar-refractivity contribution in [1.82, 2.24) is 5.32 Å². The zero-order valence-electron chi connectivity index (χ0n) is 10.3. The van der Waals surface area contributed by atoms with Crippen molar-refractivity contribution in [2.75, 3.05) is 13.1 Å². The third-order valence-electron chi connectivity index (χ3n) is 2.27. The van der Waals surface area contributed by atoms with Crippen LogP contribution in [0.4, 0.5) is 4.79 Å². The van der Waals surface area contributed by atoms with Crippen molar-refractivity contribution in [2.24, 2.45) is 5.92 Å². The fraction of sp³-hybridized carbons (Fsp3) is 0.909. The summed E-state index contributed by atoms with van der Waals surface area (Å²) in [6.07, 6.45) is 4.20. The van der Waals surface area contributed by atoms with Crippen LogP contribution in [0.15, 0.2) is 0 Å². The van der Waals surface area contributed by atoms with Crippen LogP contribution in [0.5, 0.6) is 0 Å². The largest absolute Gasteiger partial charge is 0.530 e. The van der Waals surface area contributed by atoms with E-state index in [9.17, 15) is 9.90 Å². The van der Waals surface area contributed by atoms with Gasteiger partial charge in [0.2, 0.25) is 0 Å². The summed E-state index contributed by atoms with van der Waals surface area (Å²) in [6, 6.07) is 0. The lowest BCUT2D eigenvalue weighted by Gasteiger charge is -2.07. The maximum Gasteiger partial charge on any atom is 0.134 e. The van der Waals surface area contributed by atoms with Crippen molar-refractivity contribution >= 4 is 6.09 Å². The van der Waals surface area contributed by atoms with Gasteiger partial charge < -0.3 is 21.0 Å². The zero-order chi connectivity index (χ0) is 12.1. The molecule has 15 heavy (non-hydrogen) atoms. The van der Waals surface area contributed by atoms with E-state index < -0.39 is 6.09 Å². The lowest BCUT2D eigenvalue weighted by Crippen LogP contribution is -2.53. The van der Waals surface area contributed by atoms with E-state index in [1.54, 1.807) is 6.92 Å². The van der Waals surface area contributed by atoms with Gasteiger partial charge in [-0.1, -0.05) is 26.7 Å². The molecule has 0 aromatic rings. The molecule has 0 spiro atoms. The van der Waals surface area contributed by atoms with E-state index in [0.29, 0.717) is 6.54 Å². The lowest BCUT2D eigenvalue weighted by atomic mass is 10.00. The van der Waals surface area contributed by atoms with E-state index in [4.69, 9.17) is 0 Å². The van der Waals surface area contributed by atoms with E-state index >= 15 is 0 Å². The van der Waals surface area contributed by atoms with Gasteiger partial charge >= 0.3 is 0 Å². The normalized spacial score (nSPS) is 11.2. The number of hydrogen-bond acceptors (Lipinski definition) is 2. The first-order valence-electron chi connectivity index (χ1n) is 5.86. The van der Waals surface area contributed by atoms with Crippen LogP contribution in [0.3, 0.4) is 0 Å². The van der Waals surface area contributed by atoms with Crippen molar-refractivity contribution in [3.8, 4) is 0 Å². The van der Waals surface area contributed by atoms with Crippen LogP contribution in [0.1, 0.15) is 46.5 Å². The highest BCUT2D eigenvalue weighted by Crippen LogP contribution is 2.09. The first-order valence-corrected chi connectivity index (χ1v) is 5.86. The van der Waals surface area contributed by atoms with Crippen LogP contribution >= 0.6 is 0 Å². The van der Waals surface area contributed by atoms with Gasteiger partial charge in [-0.15, -0.1) is 0 Å². The van der Waals surface area contributed by atoms with Gasteiger partial charge in [-0.25, -0.2) is 0 Å². The van der Waals surface area contributed by atoms with Crippen molar-refractivity contribution in [2.45, 2.75) is 46.5 Å². The van der Waals surface area contributed by atoms with E-state index in [1.165, 1.54) is 25.7 Å². The predicted molar refractivity (Wildman–Crippen MR) is 60.1 cm³/mol. The SMILES string of the molecule is CCCCC(CC)C[NH3+].CCNC(=O)[O-]. The Hall–Kier alpha value is -0.770. The van der Waals surface area contributed by atoms with Crippen molar-refractivity contribution in [3.63, 3.8) is 0 Å². The molecule has 0 saturated carbocycles. The van der Waals surface area contributed by atoms with Crippen LogP contribution in [0.2, 0.25) is 0 Å². The number of rotatable bonds is 6. The number of nitrogens with one attached hydrogen (secondary N) is 1. The molecule has 0 bridgehead atoms. The molecule has 0 aliphatic rings. The van der Waals surface area contributed by atoms with Crippen LogP contribution in [-0.2, 0) is 0 Å². The lowest BCUT2D eigenvalue weighted by molar-refractivity contribution is -0.379. The van der Waals surface area contributed by atoms with Crippen LogP contribution in [0, 0.1) is 5.92 Å². The molecule has 0 heterocycles. The van der Waals surface area contributed by atoms with Gasteiger partial charge in [0.15, 0.2) is 0 Å². The minimum absolute atomic E-state index is 0.419. The second kappa shape index (κ2) is 13.2. The summed E-state index contributed by atoms with van der Waals surface area (Å²) < 4.78 is 0. The fourth-order valence-electron chi connectivity index (χ4n) is 1.19. The van der Waals surface area contributed by atoms with Crippen LogP contribution in [-0.4, -0.2) is 19.2 Å². The highest BCUT2D eigenvalue weighted by Gasteiger charge is 2.02. The third kappa shape index (κ3) is 15.9. The fourth-order valence-corrected chi connectivity index (χ4v) is 1.19. The van der Waals surface area contributed by atoms with Gasteiger partial charge in [0.25, 0.3) is 0 Å². The molecule has 0 aromatic heterocycles. The molecular formula is C11H26N2O2. The van der Waals surface area contributed by atoms with Gasteiger partial charge in [-0.05, 0) is 19.8 Å². The van der Waals surface area contributed by atoms with Gasteiger partial charge in [-0.3, -0.25) is 0 Å². The monoisotopic (exact) mass is 218 g/mol. The number of unbranched alkanes of at least 4 members (excludes halogenated alkanes) is 1. The van der Waals surface area contributed by atoms with Gasteiger partial charge in [0.1, 0.15) is 6.09 Å². The molecule has 0 aromatic carbocycles. The Kier molecular flexibility index (Phi) is 14.7. The molecule has 0 fully saturated rings. The highest BCUT2D eigenvalue weighted by atomic mass is 16.4. The summed E-state index contributed by atoms with van der Waals surface area (Å²) in [4.78, 5) is 9.38. The van der Waals surface area contributed by atoms with Gasteiger partial charge in [-0.2, -0.15) is 0 Å². The first-order chi connectivity index (χ1) is 7.12. The number of carbonyl (C=O) groups is 1. The van der Waals surface area contributed by atoms with Gasteiger partial charge in [0.05, 0.1) is 6.54 Å². The Morgan fingerprint density at radius 1 is 1.40 bits per heavy atom. The maximum absolute atomic E-state index is 9.38. The van der Waals surface area contributed by atoms with Crippen LogP contribution < -0.4 is 16.2 Å². The molecule has 4 N–H and O–H groups in total. The molecule has 4 heteroatoms. The van der Waals surface area contributed by atoms with Crippen molar-refractivity contribution < 1.29 is 15.6 Å². The minimum atomic E-state index is -1.21. The topological polar surface area (TPSA) is 79.8 Å². The Morgan fingerprint density at radius 3 is 2.20 bits per heavy atom. The number of hydrogen-bond donors (Lipinski definition) is 2. The molecular weight excluding hydrogens is 192 g/mol. The molecule has 0 aliphatic heterocycles. The maximum atomic E-state index is 9.38. The molecule has 0 rings (SSSR count). The van der Waals surface area contributed by atoms with Crippen LogP contribution in [0.25, 0.3) is 0 Å². The quantitative estimate of drug-likeness (QED) is 0.676. The number of quaternary nitrogens is 1. The number of carboxylic acid groups (broad SMARTS) is 1. The third-order valence-corrected chi connectivity index (χ3v) is 2.27. The number of carbonyl (C=O) groups excluding carboxylic acids is 1. The second-order valence-corrected chi connectivity index (χ2v) is 3.52. The smallest absolute Gasteiger partial charge is 0.134 e. The van der Waals surface area contributed by atoms with E-state index in [-0.39, 0.29) is 0 Å². The predicted octanol–water partition coefficient (Wildman–Crippen LogP) is 0.384. The minimum Gasteiger partial charge on any atom is -0.530 e. The molecule has 4 nitrogen and oxygen atoms in total. The summed E-state index contributed by atoms with van der Waals surface area (Å²) in [5.41, 5.74) is 3.91. The Morgan fingerprint density at radius 2 is 2.00 bits per heavy atom. The average Bonchev–Trinajstić information content (AvgIpc) is 2.20. The summed E-state index contributed by atoms with van der Waals surface area (Å²) in [6.45, 7) is 7.73. The standard InChI is InChI=1S/C8H19N.C3H7NO2/c1-3-5-6-8(4-2)7-9;1-2-4-3(5)6/h8H,3-7,9H2,1-2H3;4H,2H2,1H3,(H,5,6). The Balaban J connectivity index is 0. The molecule has 0 radical (unpaired) electrons. The summed E-state index contributed by atoms with van der Waals surface area (Å²) in [5.74, 6) is 0.893. The molecule has 1 amide bonds. The summed E-state index contributed by atoms with van der Waals surface area (Å²) >= 11 is 0. The molecule has 1 unspecified atom stereocenters. The van der Waals surface area contributed by atoms with Crippen molar-refractivity contribution in [3.05, 3.63) is 0 Å². The summed E-state index contributed by atoms with van der Waals surface area (Å²) in [5, 5.41) is 11.4. The van der Waals surface area contributed by atoms with Gasteiger partial charge in [0, 0.05) is 12.5 Å². The Labute approximate surface area is 93.2 Å². The highest BCUT2D eigenvalue weighted by molar-refractivity contribution is 5.61. The molecule has 1 atom stereocenters.